The Morgan fingerprint density at radius 2 is 2.19 bits per heavy atom. The van der Waals surface area contributed by atoms with E-state index in [0.29, 0.717) is 25.2 Å². The minimum absolute atomic E-state index is 0.295. The number of nitrogens with two attached hydrogens (primary N) is 1. The molecule has 4 heteroatoms. The normalized spacial score (nSPS) is 23.0. The van der Waals surface area contributed by atoms with E-state index in [4.69, 9.17) is 10.5 Å². The molecule has 0 amide bonds. The number of likely N-dealkylation sites (N-methyl/N-ethyl adjacent to an activating group) is 1. The maximum atomic E-state index is 6.12. The molecule has 0 radical (unpaired) electrons. The van der Waals surface area contributed by atoms with E-state index in [1.807, 2.05) is 0 Å². The van der Waals surface area contributed by atoms with Gasteiger partial charge >= 0.3 is 0 Å². The zero-order valence-corrected chi connectivity index (χ0v) is 13.6. The molecule has 118 valence electrons. The molecule has 1 heterocycles. The van der Waals surface area contributed by atoms with Crippen molar-refractivity contribution in [2.24, 2.45) is 5.73 Å². The van der Waals surface area contributed by atoms with Gasteiger partial charge in [0.25, 0.3) is 0 Å². The molecule has 1 aliphatic heterocycles. The Hall–Kier alpha value is -0.940. The molecule has 2 rings (SSSR count). The van der Waals surface area contributed by atoms with Gasteiger partial charge in [0.15, 0.2) is 0 Å². The largest absolute Gasteiger partial charge is 0.380 e. The van der Waals surface area contributed by atoms with Crippen LogP contribution in [-0.4, -0.2) is 56.2 Å². The van der Waals surface area contributed by atoms with Crippen LogP contribution in [0.4, 0.5) is 0 Å². The molecular formula is C17H29N3O. The van der Waals surface area contributed by atoms with Crippen LogP contribution in [0.25, 0.3) is 0 Å². The molecule has 0 spiro atoms. The second-order valence-corrected chi connectivity index (χ2v) is 6.13. The van der Waals surface area contributed by atoms with Crippen LogP contribution in [-0.2, 0) is 11.3 Å². The summed E-state index contributed by atoms with van der Waals surface area (Å²) in [6.45, 7) is 7.01. The number of hydrogen-bond acceptors (Lipinski definition) is 4. The fourth-order valence-corrected chi connectivity index (χ4v) is 3.37. The van der Waals surface area contributed by atoms with Crippen LogP contribution in [0.2, 0.25) is 0 Å². The number of methoxy groups -OCH3 is 1. The van der Waals surface area contributed by atoms with Crippen LogP contribution in [0.3, 0.4) is 0 Å². The fourth-order valence-electron chi connectivity index (χ4n) is 3.37. The lowest BCUT2D eigenvalue weighted by molar-refractivity contribution is 0.146. The van der Waals surface area contributed by atoms with Gasteiger partial charge in [-0.15, -0.1) is 0 Å². The standard InChI is InChI=1S/C17H29N3O/c1-14-12-19(2)8-5-9-20(14)17(11-18)16-7-4-6-15(10-16)13-21-3/h4,6-7,10,14,17H,5,8-9,11-13,18H2,1-3H3. The maximum Gasteiger partial charge on any atom is 0.0713 e. The summed E-state index contributed by atoms with van der Waals surface area (Å²) in [5.41, 5.74) is 8.65. The van der Waals surface area contributed by atoms with Gasteiger partial charge in [0.1, 0.15) is 0 Å². The van der Waals surface area contributed by atoms with Crippen molar-refractivity contribution in [1.29, 1.82) is 0 Å². The summed E-state index contributed by atoms with van der Waals surface area (Å²) in [4.78, 5) is 4.98. The molecule has 0 saturated carbocycles. The number of nitrogens with zero attached hydrogens (tertiary/aromatic N) is 2. The first-order valence-electron chi connectivity index (χ1n) is 7.87. The molecule has 1 aromatic rings. The summed E-state index contributed by atoms with van der Waals surface area (Å²) < 4.78 is 5.25. The van der Waals surface area contributed by atoms with Gasteiger partial charge in [-0.2, -0.15) is 0 Å². The lowest BCUT2D eigenvalue weighted by Gasteiger charge is -2.35. The van der Waals surface area contributed by atoms with Gasteiger partial charge in [0.2, 0.25) is 0 Å². The Morgan fingerprint density at radius 3 is 2.90 bits per heavy atom. The molecule has 2 atom stereocenters. The third-order valence-corrected chi connectivity index (χ3v) is 4.37. The molecule has 1 aromatic carbocycles. The van der Waals surface area contributed by atoms with Gasteiger partial charge in [-0.3, -0.25) is 4.90 Å². The smallest absolute Gasteiger partial charge is 0.0713 e. The van der Waals surface area contributed by atoms with Crippen LogP contribution in [0.5, 0.6) is 0 Å². The summed E-state index contributed by atoms with van der Waals surface area (Å²) in [5.74, 6) is 0. The van der Waals surface area contributed by atoms with Gasteiger partial charge in [-0.1, -0.05) is 24.3 Å². The first kappa shape index (κ1) is 16.4. The first-order chi connectivity index (χ1) is 10.2. The van der Waals surface area contributed by atoms with E-state index in [2.05, 4.69) is 48.0 Å². The highest BCUT2D eigenvalue weighted by Crippen LogP contribution is 2.25. The predicted octanol–water partition coefficient (Wildman–Crippen LogP) is 1.86. The van der Waals surface area contributed by atoms with E-state index < -0.39 is 0 Å². The second kappa shape index (κ2) is 7.90. The van der Waals surface area contributed by atoms with Gasteiger partial charge in [-0.25, -0.2) is 0 Å². The van der Waals surface area contributed by atoms with Crippen molar-refractivity contribution < 1.29 is 4.74 Å². The highest BCUT2D eigenvalue weighted by molar-refractivity contribution is 5.26. The van der Waals surface area contributed by atoms with E-state index in [-0.39, 0.29) is 0 Å². The van der Waals surface area contributed by atoms with Gasteiger partial charge in [-0.05, 0) is 38.1 Å². The van der Waals surface area contributed by atoms with Crippen molar-refractivity contribution in [3.8, 4) is 0 Å². The van der Waals surface area contributed by atoms with Crippen molar-refractivity contribution in [2.75, 3.05) is 40.3 Å². The molecule has 0 aromatic heterocycles. The Balaban J connectivity index is 2.19. The van der Waals surface area contributed by atoms with Crippen molar-refractivity contribution in [2.45, 2.75) is 32.0 Å². The van der Waals surface area contributed by atoms with Crippen molar-refractivity contribution in [3.05, 3.63) is 35.4 Å². The summed E-state index contributed by atoms with van der Waals surface area (Å²) in [5, 5.41) is 0. The molecule has 1 aliphatic rings. The third kappa shape index (κ3) is 4.27. The molecule has 4 nitrogen and oxygen atoms in total. The van der Waals surface area contributed by atoms with Crippen LogP contribution < -0.4 is 5.73 Å². The van der Waals surface area contributed by atoms with Crippen LogP contribution in [0.15, 0.2) is 24.3 Å². The Labute approximate surface area is 128 Å². The number of benzene rings is 1. The van der Waals surface area contributed by atoms with E-state index in [9.17, 15) is 0 Å². The van der Waals surface area contributed by atoms with Crippen LogP contribution in [0.1, 0.15) is 30.5 Å². The molecule has 1 saturated heterocycles. The van der Waals surface area contributed by atoms with Crippen molar-refractivity contribution >= 4 is 0 Å². The SMILES string of the molecule is COCc1cccc(C(CN)N2CCCN(C)CC2C)c1. The Bertz CT molecular complexity index is 438. The molecule has 1 fully saturated rings. The molecule has 2 unspecified atom stereocenters. The van der Waals surface area contributed by atoms with E-state index in [1.165, 1.54) is 24.1 Å². The van der Waals surface area contributed by atoms with Crippen LogP contribution in [0, 0.1) is 0 Å². The highest BCUT2D eigenvalue weighted by atomic mass is 16.5. The molecular weight excluding hydrogens is 262 g/mol. The lowest BCUT2D eigenvalue weighted by Crippen LogP contribution is -2.43. The summed E-state index contributed by atoms with van der Waals surface area (Å²) in [6.07, 6.45) is 1.20. The predicted molar refractivity (Wildman–Crippen MR) is 87.2 cm³/mol. The third-order valence-electron chi connectivity index (χ3n) is 4.37. The average Bonchev–Trinajstić information content (AvgIpc) is 2.62. The fraction of sp³-hybridized carbons (Fsp3) is 0.647. The number of rotatable bonds is 5. The summed E-state index contributed by atoms with van der Waals surface area (Å²) >= 11 is 0. The van der Waals surface area contributed by atoms with Gasteiger partial charge in [0, 0.05) is 38.8 Å². The Morgan fingerprint density at radius 1 is 1.38 bits per heavy atom. The highest BCUT2D eigenvalue weighted by Gasteiger charge is 2.26. The summed E-state index contributed by atoms with van der Waals surface area (Å²) in [7, 11) is 3.94. The molecule has 2 N–H and O–H groups in total. The van der Waals surface area contributed by atoms with E-state index in [1.54, 1.807) is 7.11 Å². The van der Waals surface area contributed by atoms with E-state index >= 15 is 0 Å². The van der Waals surface area contributed by atoms with Crippen molar-refractivity contribution in [1.82, 2.24) is 9.80 Å². The van der Waals surface area contributed by atoms with Crippen LogP contribution >= 0.6 is 0 Å². The van der Waals surface area contributed by atoms with E-state index in [0.717, 1.165) is 13.1 Å². The van der Waals surface area contributed by atoms with Crippen molar-refractivity contribution in [3.63, 3.8) is 0 Å². The molecule has 0 aliphatic carbocycles. The topological polar surface area (TPSA) is 41.7 Å². The molecule has 0 bridgehead atoms. The quantitative estimate of drug-likeness (QED) is 0.899. The number of hydrogen-bond donors (Lipinski definition) is 1. The first-order valence-corrected chi connectivity index (χ1v) is 7.87. The number of ether oxygens (including phenoxy) is 1. The van der Waals surface area contributed by atoms with Gasteiger partial charge in [0.05, 0.1) is 6.61 Å². The monoisotopic (exact) mass is 291 g/mol. The Kier molecular flexibility index (Phi) is 6.18. The minimum Gasteiger partial charge on any atom is -0.380 e. The molecule has 21 heavy (non-hydrogen) atoms. The zero-order valence-electron chi connectivity index (χ0n) is 13.6. The minimum atomic E-state index is 0.295. The second-order valence-electron chi connectivity index (χ2n) is 6.13. The summed E-state index contributed by atoms with van der Waals surface area (Å²) in [6, 6.07) is 9.47. The lowest BCUT2D eigenvalue weighted by atomic mass is 10.0. The maximum absolute atomic E-state index is 6.12. The zero-order chi connectivity index (χ0) is 15.2. The average molecular weight is 291 g/mol. The van der Waals surface area contributed by atoms with Gasteiger partial charge < -0.3 is 15.4 Å².